The lowest BCUT2D eigenvalue weighted by Crippen LogP contribution is -2.55. The minimum atomic E-state index is -0.437. The van der Waals surface area contributed by atoms with E-state index in [-0.39, 0.29) is 11.3 Å². The second kappa shape index (κ2) is 5.05. The summed E-state index contributed by atoms with van der Waals surface area (Å²) in [5.74, 6) is 0.468. The van der Waals surface area contributed by atoms with Gasteiger partial charge in [-0.25, -0.2) is 14.4 Å². The number of benzene rings is 1. The highest BCUT2D eigenvalue weighted by molar-refractivity contribution is 5.90. The van der Waals surface area contributed by atoms with Gasteiger partial charge in [0, 0.05) is 17.0 Å². The van der Waals surface area contributed by atoms with Crippen LogP contribution in [0.4, 0.5) is 10.2 Å². The lowest BCUT2D eigenvalue weighted by atomic mass is 9.73. The first-order valence-electron chi connectivity index (χ1n) is 7.72. The van der Waals surface area contributed by atoms with Gasteiger partial charge in [-0.1, -0.05) is 0 Å². The van der Waals surface area contributed by atoms with Crippen molar-refractivity contribution in [2.24, 2.45) is 0 Å². The molecule has 0 bridgehead atoms. The number of fused-ring (bicyclic) bond motifs is 1. The summed E-state index contributed by atoms with van der Waals surface area (Å²) < 4.78 is 19.4. The minimum absolute atomic E-state index is 0.197. The van der Waals surface area contributed by atoms with E-state index >= 15 is 0 Å². The van der Waals surface area contributed by atoms with Crippen molar-refractivity contribution in [1.29, 1.82) is 0 Å². The number of hydrogen-bond acceptors (Lipinski definition) is 5. The Morgan fingerprint density at radius 2 is 2.23 bits per heavy atom. The van der Waals surface area contributed by atoms with Gasteiger partial charge in [0.25, 0.3) is 0 Å². The zero-order valence-electron chi connectivity index (χ0n) is 12.5. The number of nitrogens with zero attached hydrogens (tertiary/aromatic N) is 2. The summed E-state index contributed by atoms with van der Waals surface area (Å²) in [5, 5.41) is 7.83. The van der Waals surface area contributed by atoms with Gasteiger partial charge in [-0.15, -0.1) is 0 Å². The number of anilines is 1. The van der Waals surface area contributed by atoms with E-state index in [0.29, 0.717) is 22.8 Å². The Bertz CT molecular complexity index is 717. The highest BCUT2D eigenvalue weighted by Gasteiger charge is 2.47. The van der Waals surface area contributed by atoms with Gasteiger partial charge in [0.2, 0.25) is 0 Å². The molecule has 1 spiro atoms. The highest BCUT2D eigenvalue weighted by Crippen LogP contribution is 2.41. The molecule has 2 aromatic rings. The van der Waals surface area contributed by atoms with Gasteiger partial charge < -0.3 is 15.4 Å². The average molecular weight is 302 g/mol. The van der Waals surface area contributed by atoms with E-state index in [2.05, 4.69) is 20.6 Å². The Morgan fingerprint density at radius 1 is 1.36 bits per heavy atom. The molecule has 1 aromatic heterocycles. The molecule has 1 aliphatic heterocycles. The van der Waals surface area contributed by atoms with Gasteiger partial charge in [-0.2, -0.15) is 0 Å². The molecule has 1 atom stereocenters. The van der Waals surface area contributed by atoms with E-state index in [9.17, 15) is 4.39 Å². The molecule has 0 radical (unpaired) electrons. The number of hydrogen-bond donors (Lipinski definition) is 2. The lowest BCUT2D eigenvalue weighted by Gasteiger charge is -2.44. The molecule has 116 valence electrons. The molecule has 2 fully saturated rings. The van der Waals surface area contributed by atoms with E-state index in [1.165, 1.54) is 32.7 Å². The molecule has 2 N–H and O–H groups in total. The van der Waals surface area contributed by atoms with Crippen LogP contribution >= 0.6 is 0 Å². The first-order chi connectivity index (χ1) is 10.7. The Morgan fingerprint density at radius 3 is 2.95 bits per heavy atom. The van der Waals surface area contributed by atoms with Crippen molar-refractivity contribution in [3.8, 4) is 5.75 Å². The Hall–Kier alpha value is -1.95. The predicted octanol–water partition coefficient (Wildman–Crippen LogP) is 2.47. The molecule has 2 heterocycles. The van der Waals surface area contributed by atoms with Crippen LogP contribution in [0.5, 0.6) is 5.75 Å². The van der Waals surface area contributed by atoms with Crippen LogP contribution < -0.4 is 15.4 Å². The molecule has 1 unspecified atom stereocenters. The molecule has 1 saturated heterocycles. The third-order valence-electron chi connectivity index (χ3n) is 5.06. The molecule has 4 rings (SSSR count). The van der Waals surface area contributed by atoms with Gasteiger partial charge in [-0.3, -0.25) is 0 Å². The Kier molecular flexibility index (Phi) is 3.14. The summed E-state index contributed by atoms with van der Waals surface area (Å²) in [6.45, 7) is 1.02. The normalized spacial score (nSPS) is 22.7. The second-order valence-corrected chi connectivity index (χ2v) is 6.12. The summed E-state index contributed by atoms with van der Waals surface area (Å²) in [7, 11) is 1.45. The summed E-state index contributed by atoms with van der Waals surface area (Å²) in [5.41, 5.74) is 0.493. The van der Waals surface area contributed by atoms with Crippen molar-refractivity contribution >= 4 is 16.7 Å². The largest absolute Gasteiger partial charge is 0.494 e. The summed E-state index contributed by atoms with van der Waals surface area (Å²) in [6.07, 6.45) is 6.11. The fraction of sp³-hybridized carbons (Fsp3) is 0.500. The third kappa shape index (κ3) is 1.94. The molecule has 22 heavy (non-hydrogen) atoms. The molecule has 1 aromatic carbocycles. The number of aromatic nitrogens is 2. The molecular formula is C16H19FN4O. The fourth-order valence-corrected chi connectivity index (χ4v) is 3.67. The highest BCUT2D eigenvalue weighted by atomic mass is 19.1. The number of nitrogens with one attached hydrogen (secondary N) is 2. The van der Waals surface area contributed by atoms with E-state index in [4.69, 9.17) is 4.74 Å². The van der Waals surface area contributed by atoms with Crippen molar-refractivity contribution in [1.82, 2.24) is 15.3 Å². The molecule has 1 saturated carbocycles. The van der Waals surface area contributed by atoms with Crippen LogP contribution in [0.1, 0.15) is 25.7 Å². The molecule has 5 nitrogen and oxygen atoms in total. The van der Waals surface area contributed by atoms with Crippen LogP contribution in [0.2, 0.25) is 0 Å². The molecule has 1 aliphatic carbocycles. The first kappa shape index (κ1) is 13.7. The molecule has 6 heteroatoms. The van der Waals surface area contributed by atoms with Crippen molar-refractivity contribution in [2.75, 3.05) is 19.0 Å². The Balaban J connectivity index is 1.71. The van der Waals surface area contributed by atoms with E-state index in [0.717, 1.165) is 13.0 Å². The summed E-state index contributed by atoms with van der Waals surface area (Å²) in [6, 6.07) is 3.78. The van der Waals surface area contributed by atoms with E-state index < -0.39 is 5.82 Å². The fourth-order valence-electron chi connectivity index (χ4n) is 3.67. The molecule has 0 amide bonds. The van der Waals surface area contributed by atoms with Crippen molar-refractivity contribution in [3.63, 3.8) is 0 Å². The van der Waals surface area contributed by atoms with Gasteiger partial charge >= 0.3 is 0 Å². The lowest BCUT2D eigenvalue weighted by molar-refractivity contribution is 0.201. The molecule has 2 aliphatic rings. The van der Waals surface area contributed by atoms with Gasteiger partial charge in [0.15, 0.2) is 11.6 Å². The third-order valence-corrected chi connectivity index (χ3v) is 5.06. The van der Waals surface area contributed by atoms with Crippen LogP contribution in [-0.4, -0.2) is 35.2 Å². The van der Waals surface area contributed by atoms with Crippen LogP contribution in [-0.2, 0) is 0 Å². The number of rotatable bonds is 3. The zero-order valence-corrected chi connectivity index (χ0v) is 12.5. The van der Waals surface area contributed by atoms with Gasteiger partial charge in [0.1, 0.15) is 17.7 Å². The van der Waals surface area contributed by atoms with E-state index in [1.54, 1.807) is 6.07 Å². The van der Waals surface area contributed by atoms with Crippen molar-refractivity contribution in [2.45, 2.75) is 37.3 Å². The Labute approximate surface area is 128 Å². The van der Waals surface area contributed by atoms with Crippen LogP contribution in [0, 0.1) is 5.82 Å². The van der Waals surface area contributed by atoms with Crippen LogP contribution in [0.15, 0.2) is 18.5 Å². The van der Waals surface area contributed by atoms with E-state index in [1.807, 2.05) is 6.07 Å². The van der Waals surface area contributed by atoms with Crippen LogP contribution in [0.25, 0.3) is 10.9 Å². The average Bonchev–Trinajstić information content (AvgIpc) is 2.92. The van der Waals surface area contributed by atoms with Crippen molar-refractivity contribution in [3.05, 3.63) is 24.3 Å². The number of halogens is 1. The maximum Gasteiger partial charge on any atom is 0.191 e. The second-order valence-electron chi connectivity index (χ2n) is 6.12. The maximum absolute atomic E-state index is 14.3. The smallest absolute Gasteiger partial charge is 0.191 e. The van der Waals surface area contributed by atoms with Gasteiger partial charge in [-0.05, 0) is 44.4 Å². The van der Waals surface area contributed by atoms with Crippen molar-refractivity contribution < 1.29 is 9.13 Å². The summed E-state index contributed by atoms with van der Waals surface area (Å²) in [4.78, 5) is 8.41. The standard InChI is InChI=1S/C16H19FN4O/c1-22-11-4-3-10-14(13(11)17)18-9-19-15(10)21-12-5-8-20-16(12)6-2-7-16/h3-4,9,12,20H,2,5-8H2,1H3,(H,18,19,21). The minimum Gasteiger partial charge on any atom is -0.494 e. The number of methoxy groups -OCH3 is 1. The summed E-state index contributed by atoms with van der Waals surface area (Å²) >= 11 is 0. The maximum atomic E-state index is 14.3. The zero-order chi connectivity index (χ0) is 15.2. The topological polar surface area (TPSA) is 59.1 Å². The SMILES string of the molecule is COc1ccc2c(NC3CCNC34CCC4)ncnc2c1F. The number of ether oxygens (including phenoxy) is 1. The van der Waals surface area contributed by atoms with Gasteiger partial charge in [0.05, 0.1) is 7.11 Å². The monoisotopic (exact) mass is 302 g/mol. The molecular weight excluding hydrogens is 283 g/mol. The van der Waals surface area contributed by atoms with Crippen LogP contribution in [0.3, 0.4) is 0 Å². The predicted molar refractivity (Wildman–Crippen MR) is 82.7 cm³/mol. The first-order valence-corrected chi connectivity index (χ1v) is 7.72. The quantitative estimate of drug-likeness (QED) is 0.912.